The highest BCUT2D eigenvalue weighted by atomic mass is 16.7. The van der Waals surface area contributed by atoms with E-state index in [2.05, 4.69) is 5.32 Å². The first kappa shape index (κ1) is 25.6. The van der Waals surface area contributed by atoms with E-state index in [0.29, 0.717) is 16.7 Å². The highest BCUT2D eigenvalue weighted by molar-refractivity contribution is 6.02. The number of anilines is 1. The number of fused-ring (bicyclic) bond motifs is 1. The third-order valence-electron chi connectivity index (χ3n) is 6.13. The van der Waals surface area contributed by atoms with Crippen LogP contribution in [0.15, 0.2) is 63.8 Å². The molecule has 1 saturated heterocycles. The molecule has 3 N–H and O–H groups in total. The highest BCUT2D eigenvalue weighted by Gasteiger charge is 2.50. The summed E-state index contributed by atoms with van der Waals surface area (Å²) in [5.41, 5.74) is -0.0598. The molecule has 9 heteroatoms. The van der Waals surface area contributed by atoms with Crippen LogP contribution in [0.3, 0.4) is 0 Å². The second-order valence-corrected chi connectivity index (χ2v) is 9.13. The topological polar surface area (TPSA) is 127 Å². The first-order valence-corrected chi connectivity index (χ1v) is 11.5. The van der Waals surface area contributed by atoms with Crippen molar-refractivity contribution in [1.82, 2.24) is 0 Å². The molecule has 1 aromatic heterocycles. The average Bonchev–Trinajstić information content (AvgIpc) is 2.84. The number of amides is 1. The van der Waals surface area contributed by atoms with Gasteiger partial charge in [-0.2, -0.15) is 0 Å². The summed E-state index contributed by atoms with van der Waals surface area (Å²) in [6.07, 6.45) is -1.56. The van der Waals surface area contributed by atoms with Gasteiger partial charge in [0.1, 0.15) is 35.3 Å². The van der Waals surface area contributed by atoms with Gasteiger partial charge in [-0.25, -0.2) is 4.79 Å². The van der Waals surface area contributed by atoms with E-state index in [1.165, 1.54) is 19.3 Å². The lowest BCUT2D eigenvalue weighted by Gasteiger charge is -2.46. The number of hydrogen-bond donors (Lipinski definition) is 3. The van der Waals surface area contributed by atoms with Gasteiger partial charge in [0, 0.05) is 24.1 Å². The second-order valence-electron chi connectivity index (χ2n) is 9.13. The average molecular weight is 496 g/mol. The number of methoxy groups -OCH3 is 1. The van der Waals surface area contributed by atoms with Gasteiger partial charge < -0.3 is 34.2 Å². The minimum Gasteiger partial charge on any atom is -0.462 e. The van der Waals surface area contributed by atoms with Gasteiger partial charge in [-0.05, 0) is 50.6 Å². The number of carbonyl (C=O) groups excluding carboxylic acids is 1. The van der Waals surface area contributed by atoms with Gasteiger partial charge in [-0.3, -0.25) is 4.79 Å². The van der Waals surface area contributed by atoms with Crippen LogP contribution in [0.25, 0.3) is 17.0 Å². The Labute approximate surface area is 207 Å². The quantitative estimate of drug-likeness (QED) is 0.352. The summed E-state index contributed by atoms with van der Waals surface area (Å²) in [7, 11) is 1.43. The van der Waals surface area contributed by atoms with E-state index in [1.807, 2.05) is 30.3 Å². The zero-order valence-corrected chi connectivity index (χ0v) is 20.4. The minimum absolute atomic E-state index is 0.000189. The largest absolute Gasteiger partial charge is 0.462 e. The maximum absolute atomic E-state index is 12.6. The van der Waals surface area contributed by atoms with E-state index in [9.17, 15) is 19.8 Å². The second kappa shape index (κ2) is 10.2. The summed E-state index contributed by atoms with van der Waals surface area (Å²) in [5, 5.41) is 24.1. The fourth-order valence-electron chi connectivity index (χ4n) is 4.26. The number of nitrogens with one attached hydrogen (secondary N) is 1. The molecule has 36 heavy (non-hydrogen) atoms. The maximum atomic E-state index is 12.6. The molecule has 4 rings (SSSR count). The van der Waals surface area contributed by atoms with E-state index in [4.69, 9.17) is 18.6 Å². The number of rotatable bonds is 6. The van der Waals surface area contributed by atoms with Crippen molar-refractivity contribution in [3.05, 3.63) is 76.2 Å². The Morgan fingerprint density at radius 2 is 1.83 bits per heavy atom. The Balaban J connectivity index is 1.55. The van der Waals surface area contributed by atoms with Crippen LogP contribution < -0.4 is 15.7 Å². The molecule has 1 amide bonds. The molecule has 2 aromatic carbocycles. The predicted molar refractivity (Wildman–Crippen MR) is 134 cm³/mol. The third-order valence-corrected chi connectivity index (χ3v) is 6.13. The Bertz CT molecular complexity index is 1330. The van der Waals surface area contributed by atoms with Crippen molar-refractivity contribution < 1.29 is 33.6 Å². The lowest BCUT2D eigenvalue weighted by Crippen LogP contribution is -2.63. The molecular formula is C27H29NO8. The maximum Gasteiger partial charge on any atom is 0.360 e. The Hall–Kier alpha value is -3.50. The molecule has 0 unspecified atom stereocenters. The van der Waals surface area contributed by atoms with Crippen molar-refractivity contribution in [2.45, 2.75) is 51.0 Å². The number of benzene rings is 2. The number of ether oxygens (including phenoxy) is 3. The monoisotopic (exact) mass is 495 g/mol. The van der Waals surface area contributed by atoms with Crippen LogP contribution in [0, 0.1) is 6.92 Å². The van der Waals surface area contributed by atoms with Gasteiger partial charge in [0.2, 0.25) is 12.2 Å². The number of carbonyl (C=O) groups is 1. The Kier molecular flexibility index (Phi) is 7.28. The SMILES string of the molecule is CO[C@@H]1[C@@H](O)[C@@H](O)[C@H](Oc2ccc3cc(NC(=O)/C=C/c4ccccc4)c(=O)oc3c2C)OC1(C)C. The van der Waals surface area contributed by atoms with Crippen LogP contribution >= 0.6 is 0 Å². The zero-order chi connectivity index (χ0) is 26.0. The van der Waals surface area contributed by atoms with E-state index in [0.717, 1.165) is 5.56 Å². The van der Waals surface area contributed by atoms with Crippen molar-refractivity contribution in [2.24, 2.45) is 0 Å². The smallest absolute Gasteiger partial charge is 0.360 e. The van der Waals surface area contributed by atoms with E-state index in [1.54, 1.807) is 39.0 Å². The van der Waals surface area contributed by atoms with Gasteiger partial charge >= 0.3 is 5.63 Å². The number of aliphatic hydroxyl groups is 2. The van der Waals surface area contributed by atoms with E-state index < -0.39 is 41.7 Å². The molecule has 190 valence electrons. The molecule has 2 heterocycles. The zero-order valence-electron chi connectivity index (χ0n) is 20.4. The summed E-state index contributed by atoms with van der Waals surface area (Å²) in [4.78, 5) is 24.9. The lowest BCUT2D eigenvalue weighted by molar-refractivity contribution is -0.306. The lowest BCUT2D eigenvalue weighted by atomic mass is 9.89. The van der Waals surface area contributed by atoms with E-state index in [-0.39, 0.29) is 11.3 Å². The van der Waals surface area contributed by atoms with Crippen LogP contribution in [0.5, 0.6) is 5.75 Å². The Morgan fingerprint density at radius 3 is 2.53 bits per heavy atom. The minimum atomic E-state index is -1.37. The summed E-state index contributed by atoms with van der Waals surface area (Å²) in [6.45, 7) is 5.14. The van der Waals surface area contributed by atoms with E-state index >= 15 is 0 Å². The van der Waals surface area contributed by atoms with Gasteiger partial charge in [0.15, 0.2) is 0 Å². The highest BCUT2D eigenvalue weighted by Crippen LogP contribution is 2.35. The summed E-state index contributed by atoms with van der Waals surface area (Å²) in [5.74, 6) is -0.169. The molecule has 9 nitrogen and oxygen atoms in total. The molecular weight excluding hydrogens is 466 g/mol. The molecule has 1 fully saturated rings. The van der Waals surface area contributed by atoms with Crippen LogP contribution in [0.4, 0.5) is 5.69 Å². The fraction of sp³-hybridized carbons (Fsp3) is 0.333. The predicted octanol–water partition coefficient (Wildman–Crippen LogP) is 3.00. The summed E-state index contributed by atoms with van der Waals surface area (Å²) >= 11 is 0. The van der Waals surface area contributed by atoms with Crippen molar-refractivity contribution in [2.75, 3.05) is 12.4 Å². The van der Waals surface area contributed by atoms with Crippen LogP contribution in [0.1, 0.15) is 25.0 Å². The molecule has 0 bridgehead atoms. The summed E-state index contributed by atoms with van der Waals surface area (Å²) in [6, 6.07) is 14.1. The normalized spacial score (nSPS) is 23.6. The first-order chi connectivity index (χ1) is 17.1. The molecule has 0 spiro atoms. The standard InChI is InChI=1S/C27H29NO8/c1-15-19(34-26-22(31)21(30)24(33-4)27(2,3)36-26)12-11-17-14-18(25(32)35-23(15)17)28-20(29)13-10-16-8-6-5-7-9-16/h5-14,21-22,24,26,30-31H,1-4H3,(H,28,29)/b13-10+/t21-,22+,24+,26+/m0/s1. The molecule has 3 aromatic rings. The molecule has 4 atom stereocenters. The molecule has 0 saturated carbocycles. The van der Waals surface area contributed by atoms with Gasteiger partial charge in [0.25, 0.3) is 0 Å². The fourth-order valence-corrected chi connectivity index (χ4v) is 4.26. The van der Waals surface area contributed by atoms with Crippen LogP contribution in [0.2, 0.25) is 0 Å². The van der Waals surface area contributed by atoms with Crippen LogP contribution in [-0.4, -0.2) is 53.4 Å². The van der Waals surface area contributed by atoms with Gasteiger partial charge in [-0.15, -0.1) is 0 Å². The van der Waals surface area contributed by atoms with Crippen molar-refractivity contribution in [3.63, 3.8) is 0 Å². The first-order valence-electron chi connectivity index (χ1n) is 11.5. The number of hydrogen-bond acceptors (Lipinski definition) is 8. The van der Waals surface area contributed by atoms with Crippen molar-refractivity contribution in [1.29, 1.82) is 0 Å². The number of aryl methyl sites for hydroxylation is 1. The number of aliphatic hydroxyl groups excluding tert-OH is 2. The van der Waals surface area contributed by atoms with Crippen molar-refractivity contribution in [3.8, 4) is 5.75 Å². The third kappa shape index (κ3) is 5.19. The van der Waals surface area contributed by atoms with Gasteiger partial charge in [-0.1, -0.05) is 30.3 Å². The molecule has 1 aliphatic rings. The van der Waals surface area contributed by atoms with Crippen molar-refractivity contribution >= 4 is 28.6 Å². The van der Waals surface area contributed by atoms with Gasteiger partial charge in [0.05, 0.1) is 5.60 Å². The van der Waals surface area contributed by atoms with Crippen LogP contribution in [-0.2, 0) is 14.3 Å². The molecule has 1 aliphatic heterocycles. The molecule has 0 aliphatic carbocycles. The summed E-state index contributed by atoms with van der Waals surface area (Å²) < 4.78 is 22.5. The molecule has 0 radical (unpaired) electrons. The Morgan fingerprint density at radius 1 is 1.11 bits per heavy atom.